The van der Waals surface area contributed by atoms with Crippen molar-refractivity contribution in [1.82, 2.24) is 15.5 Å². The second-order valence-corrected chi connectivity index (χ2v) is 5.82. The molecule has 22 heavy (non-hydrogen) atoms. The summed E-state index contributed by atoms with van der Waals surface area (Å²) in [6.07, 6.45) is 1.10. The Labute approximate surface area is 128 Å². The molecule has 2 heterocycles. The van der Waals surface area contributed by atoms with Gasteiger partial charge < -0.3 is 15.5 Å². The molecule has 3 rings (SSSR count). The maximum Gasteiger partial charge on any atom is 0.246 e. The minimum absolute atomic E-state index is 0.0682. The number of hydrogen-bond donors (Lipinski definition) is 2. The van der Waals surface area contributed by atoms with Gasteiger partial charge in [0, 0.05) is 19.9 Å². The summed E-state index contributed by atoms with van der Waals surface area (Å²) in [5, 5.41) is 5.57. The van der Waals surface area contributed by atoms with Crippen LogP contribution in [-0.4, -0.2) is 47.3 Å². The van der Waals surface area contributed by atoms with E-state index in [1.54, 1.807) is 4.90 Å². The topological polar surface area (TPSA) is 78.5 Å². The highest BCUT2D eigenvalue weighted by molar-refractivity contribution is 5.98. The molecule has 2 fully saturated rings. The third-order valence-electron chi connectivity index (χ3n) is 4.24. The fraction of sp³-hybridized carbons (Fsp3) is 0.438. The van der Waals surface area contributed by atoms with Crippen LogP contribution in [0.2, 0.25) is 0 Å². The summed E-state index contributed by atoms with van der Waals surface area (Å²) in [6.45, 7) is 1.93. The van der Waals surface area contributed by atoms with Crippen molar-refractivity contribution >= 4 is 17.7 Å². The van der Waals surface area contributed by atoms with Crippen LogP contribution in [0.5, 0.6) is 0 Å². The van der Waals surface area contributed by atoms with Crippen molar-refractivity contribution in [1.29, 1.82) is 0 Å². The van der Waals surface area contributed by atoms with Gasteiger partial charge in [0.15, 0.2) is 0 Å². The number of fused-ring (bicyclic) bond motifs is 1. The molecule has 3 amide bonds. The van der Waals surface area contributed by atoms with Gasteiger partial charge in [0.05, 0.1) is 6.04 Å². The normalized spacial score (nSPS) is 27.3. The molecule has 3 unspecified atom stereocenters. The van der Waals surface area contributed by atoms with Crippen molar-refractivity contribution in [3.63, 3.8) is 0 Å². The van der Waals surface area contributed by atoms with Gasteiger partial charge >= 0.3 is 0 Å². The number of piperazine rings is 1. The Morgan fingerprint density at radius 2 is 2.05 bits per heavy atom. The first-order chi connectivity index (χ1) is 10.6. The van der Waals surface area contributed by atoms with E-state index < -0.39 is 12.1 Å². The zero-order chi connectivity index (χ0) is 15.7. The molecule has 2 saturated heterocycles. The summed E-state index contributed by atoms with van der Waals surface area (Å²) in [5.74, 6) is -0.434. The Hall–Kier alpha value is -2.37. The molecule has 0 spiro atoms. The number of rotatable bonds is 3. The van der Waals surface area contributed by atoms with Gasteiger partial charge in [-0.25, -0.2) is 0 Å². The van der Waals surface area contributed by atoms with Crippen molar-refractivity contribution in [3.8, 4) is 0 Å². The third-order valence-corrected chi connectivity index (χ3v) is 4.24. The van der Waals surface area contributed by atoms with Crippen LogP contribution < -0.4 is 10.6 Å². The number of hydrogen-bond acceptors (Lipinski definition) is 3. The quantitative estimate of drug-likeness (QED) is 0.814. The zero-order valence-electron chi connectivity index (χ0n) is 12.4. The fourth-order valence-electron chi connectivity index (χ4n) is 3.28. The van der Waals surface area contributed by atoms with Crippen molar-refractivity contribution in [2.45, 2.75) is 37.9 Å². The number of carbonyl (C=O) groups is 3. The van der Waals surface area contributed by atoms with Gasteiger partial charge in [0.1, 0.15) is 12.1 Å². The van der Waals surface area contributed by atoms with Gasteiger partial charge in [-0.3, -0.25) is 14.4 Å². The Balaban J connectivity index is 1.74. The van der Waals surface area contributed by atoms with E-state index in [1.165, 1.54) is 6.92 Å². The van der Waals surface area contributed by atoms with Gasteiger partial charge in [-0.05, 0) is 12.0 Å². The van der Waals surface area contributed by atoms with Gasteiger partial charge in [-0.1, -0.05) is 30.3 Å². The van der Waals surface area contributed by atoms with E-state index in [4.69, 9.17) is 0 Å². The summed E-state index contributed by atoms with van der Waals surface area (Å²) in [4.78, 5) is 37.8. The van der Waals surface area contributed by atoms with Crippen LogP contribution in [0.15, 0.2) is 30.3 Å². The van der Waals surface area contributed by atoms with Crippen LogP contribution in [0, 0.1) is 0 Å². The summed E-state index contributed by atoms with van der Waals surface area (Å²) in [7, 11) is 0. The predicted molar refractivity (Wildman–Crippen MR) is 79.8 cm³/mol. The second-order valence-electron chi connectivity index (χ2n) is 5.82. The molecule has 1 aromatic carbocycles. The van der Waals surface area contributed by atoms with E-state index in [2.05, 4.69) is 10.6 Å². The van der Waals surface area contributed by atoms with Crippen molar-refractivity contribution in [2.24, 2.45) is 0 Å². The molecule has 2 aliphatic rings. The Bertz CT molecular complexity index is 602. The Morgan fingerprint density at radius 3 is 2.73 bits per heavy atom. The van der Waals surface area contributed by atoms with E-state index in [0.717, 1.165) is 5.56 Å². The summed E-state index contributed by atoms with van der Waals surface area (Å²) >= 11 is 0. The summed E-state index contributed by atoms with van der Waals surface area (Å²) in [6, 6.07) is 8.22. The molecule has 6 nitrogen and oxygen atoms in total. The van der Waals surface area contributed by atoms with Crippen LogP contribution in [0.1, 0.15) is 18.9 Å². The number of nitrogens with one attached hydrogen (secondary N) is 2. The molecule has 6 heteroatoms. The molecule has 0 aliphatic carbocycles. The Morgan fingerprint density at radius 1 is 1.32 bits per heavy atom. The lowest BCUT2D eigenvalue weighted by Gasteiger charge is -2.36. The van der Waals surface area contributed by atoms with Crippen molar-refractivity contribution in [2.75, 3.05) is 6.54 Å². The molecule has 3 atom stereocenters. The molecular formula is C16H19N3O3. The lowest BCUT2D eigenvalue weighted by molar-refractivity contribution is -0.147. The molecule has 2 aliphatic heterocycles. The minimum Gasteiger partial charge on any atom is -0.351 e. The fourth-order valence-corrected chi connectivity index (χ4v) is 3.28. The SMILES string of the molecule is CC(=O)NC1CCN2C(=O)C(Cc3ccccc3)NC(=O)C12. The smallest absolute Gasteiger partial charge is 0.246 e. The maximum atomic E-state index is 12.6. The molecule has 116 valence electrons. The highest BCUT2D eigenvalue weighted by Gasteiger charge is 2.48. The average Bonchev–Trinajstić information content (AvgIpc) is 2.89. The van der Waals surface area contributed by atoms with Gasteiger partial charge in [-0.2, -0.15) is 0 Å². The highest BCUT2D eigenvalue weighted by atomic mass is 16.2. The van der Waals surface area contributed by atoms with Gasteiger partial charge in [0.25, 0.3) is 0 Å². The molecule has 2 N–H and O–H groups in total. The Kier molecular flexibility index (Phi) is 3.83. The van der Waals surface area contributed by atoms with Crippen LogP contribution in [0.4, 0.5) is 0 Å². The maximum absolute atomic E-state index is 12.6. The number of carbonyl (C=O) groups excluding carboxylic acids is 3. The minimum atomic E-state index is -0.580. The monoisotopic (exact) mass is 301 g/mol. The van der Waals surface area contributed by atoms with Crippen LogP contribution >= 0.6 is 0 Å². The molecule has 0 aromatic heterocycles. The van der Waals surface area contributed by atoms with Crippen molar-refractivity contribution < 1.29 is 14.4 Å². The third kappa shape index (κ3) is 2.68. The van der Waals surface area contributed by atoms with E-state index in [-0.39, 0.29) is 23.8 Å². The van der Waals surface area contributed by atoms with Gasteiger partial charge in [-0.15, -0.1) is 0 Å². The second kappa shape index (κ2) is 5.79. The molecular weight excluding hydrogens is 282 g/mol. The van der Waals surface area contributed by atoms with Gasteiger partial charge in [0.2, 0.25) is 17.7 Å². The summed E-state index contributed by atoms with van der Waals surface area (Å²) < 4.78 is 0. The number of benzene rings is 1. The highest BCUT2D eigenvalue weighted by Crippen LogP contribution is 2.24. The largest absolute Gasteiger partial charge is 0.351 e. The lowest BCUT2D eigenvalue weighted by atomic mass is 9.99. The summed E-state index contributed by atoms with van der Waals surface area (Å²) in [5.41, 5.74) is 1.01. The molecule has 1 aromatic rings. The van der Waals surface area contributed by atoms with E-state index in [0.29, 0.717) is 19.4 Å². The van der Waals surface area contributed by atoms with Crippen molar-refractivity contribution in [3.05, 3.63) is 35.9 Å². The molecule has 0 bridgehead atoms. The standard InChI is InChI=1S/C16H19N3O3/c1-10(20)17-12-7-8-19-14(12)15(21)18-13(16(19)22)9-11-5-3-2-4-6-11/h2-6,12-14H,7-9H2,1H3,(H,17,20)(H,18,21). The van der Waals surface area contributed by atoms with Crippen LogP contribution in [-0.2, 0) is 20.8 Å². The first kappa shape index (κ1) is 14.6. The first-order valence-electron chi connectivity index (χ1n) is 7.48. The first-order valence-corrected chi connectivity index (χ1v) is 7.48. The zero-order valence-corrected chi connectivity index (χ0v) is 12.4. The van der Waals surface area contributed by atoms with E-state index >= 15 is 0 Å². The molecule has 0 radical (unpaired) electrons. The molecule has 0 saturated carbocycles. The number of amides is 3. The van der Waals surface area contributed by atoms with E-state index in [1.807, 2.05) is 30.3 Å². The lowest BCUT2D eigenvalue weighted by Crippen LogP contribution is -2.65. The van der Waals surface area contributed by atoms with E-state index in [9.17, 15) is 14.4 Å². The predicted octanol–water partition coefficient (Wildman–Crippen LogP) is -0.167. The average molecular weight is 301 g/mol. The number of nitrogens with zero attached hydrogens (tertiary/aromatic N) is 1. The van der Waals surface area contributed by atoms with Crippen LogP contribution in [0.3, 0.4) is 0 Å². The van der Waals surface area contributed by atoms with Crippen LogP contribution in [0.25, 0.3) is 0 Å².